The van der Waals surface area contributed by atoms with Crippen LogP contribution in [0.2, 0.25) is 0 Å². The van der Waals surface area contributed by atoms with Crippen molar-refractivity contribution in [2.24, 2.45) is 0 Å². The fourth-order valence-corrected chi connectivity index (χ4v) is 2.53. The summed E-state index contributed by atoms with van der Waals surface area (Å²) < 4.78 is 13.2. The predicted molar refractivity (Wildman–Crippen MR) is 88.6 cm³/mol. The molecule has 0 fully saturated rings. The van der Waals surface area contributed by atoms with Gasteiger partial charge in [-0.2, -0.15) is 0 Å². The Morgan fingerprint density at radius 1 is 1.42 bits per heavy atom. The monoisotopic (exact) mass is 328 g/mol. The van der Waals surface area contributed by atoms with Gasteiger partial charge >= 0.3 is 0 Å². The third-order valence-corrected chi connectivity index (χ3v) is 3.75. The second-order valence-electron chi connectivity index (χ2n) is 5.28. The van der Waals surface area contributed by atoms with Crippen LogP contribution < -0.4 is 14.8 Å². The number of aromatic nitrogens is 3. The van der Waals surface area contributed by atoms with Crippen molar-refractivity contribution in [3.05, 3.63) is 41.5 Å². The standard InChI is InChI=1S/C17H20N4O3/c1-3-21-11-19-20-15(21)9-18-17(22)13-8-12-6-5-7-14(23-4-2)16(12)24-10-13/h5-8,11H,3-4,9-10H2,1-2H3,(H,18,22). The molecular formula is C17H20N4O3. The molecule has 0 bridgehead atoms. The topological polar surface area (TPSA) is 78.3 Å². The molecule has 2 heterocycles. The molecule has 0 aliphatic carbocycles. The molecular weight excluding hydrogens is 308 g/mol. The predicted octanol–water partition coefficient (Wildman–Crippen LogP) is 1.79. The second-order valence-corrected chi connectivity index (χ2v) is 5.28. The van der Waals surface area contributed by atoms with Gasteiger partial charge in [0, 0.05) is 12.1 Å². The molecule has 0 saturated heterocycles. The minimum atomic E-state index is -0.173. The van der Waals surface area contributed by atoms with E-state index in [-0.39, 0.29) is 12.5 Å². The average molecular weight is 328 g/mol. The molecule has 0 spiro atoms. The summed E-state index contributed by atoms with van der Waals surface area (Å²) in [7, 11) is 0. The second kappa shape index (κ2) is 7.16. The lowest BCUT2D eigenvalue weighted by Gasteiger charge is -2.20. The van der Waals surface area contributed by atoms with Crippen LogP contribution in [0.4, 0.5) is 0 Å². The van der Waals surface area contributed by atoms with Crippen LogP contribution in [-0.4, -0.2) is 33.9 Å². The lowest BCUT2D eigenvalue weighted by molar-refractivity contribution is -0.118. The normalized spacial score (nSPS) is 12.8. The molecule has 7 nitrogen and oxygen atoms in total. The van der Waals surface area contributed by atoms with Gasteiger partial charge in [0.2, 0.25) is 0 Å². The number of carbonyl (C=O) groups is 1. The lowest BCUT2D eigenvalue weighted by Crippen LogP contribution is -2.29. The molecule has 1 amide bonds. The van der Waals surface area contributed by atoms with Crippen LogP contribution in [0.3, 0.4) is 0 Å². The Labute approximate surface area is 140 Å². The maximum atomic E-state index is 12.4. The first kappa shape index (κ1) is 16.0. The quantitative estimate of drug-likeness (QED) is 0.874. The van der Waals surface area contributed by atoms with E-state index < -0.39 is 0 Å². The fraction of sp³-hybridized carbons (Fsp3) is 0.353. The number of benzene rings is 1. The van der Waals surface area contributed by atoms with Crippen LogP contribution in [0.15, 0.2) is 30.1 Å². The smallest absolute Gasteiger partial charge is 0.251 e. The van der Waals surface area contributed by atoms with Gasteiger partial charge in [-0.25, -0.2) is 0 Å². The SMILES string of the molecule is CCOc1cccc2c1OCC(C(=O)NCc1nncn1CC)=C2. The number of aryl methyl sites for hydroxylation is 1. The van der Waals surface area contributed by atoms with Crippen molar-refractivity contribution in [3.63, 3.8) is 0 Å². The van der Waals surface area contributed by atoms with Gasteiger partial charge in [-0.05, 0) is 26.0 Å². The highest BCUT2D eigenvalue weighted by Gasteiger charge is 2.20. The van der Waals surface area contributed by atoms with Gasteiger partial charge in [0.25, 0.3) is 5.91 Å². The van der Waals surface area contributed by atoms with E-state index >= 15 is 0 Å². The zero-order valence-electron chi connectivity index (χ0n) is 13.8. The highest BCUT2D eigenvalue weighted by atomic mass is 16.5. The average Bonchev–Trinajstić information content (AvgIpc) is 3.07. The molecule has 2 aromatic rings. The van der Waals surface area contributed by atoms with E-state index in [0.29, 0.717) is 30.2 Å². The Balaban J connectivity index is 1.71. The van der Waals surface area contributed by atoms with E-state index in [1.54, 1.807) is 6.33 Å². The van der Waals surface area contributed by atoms with Crippen molar-refractivity contribution in [3.8, 4) is 11.5 Å². The van der Waals surface area contributed by atoms with Gasteiger partial charge in [0.15, 0.2) is 17.3 Å². The summed E-state index contributed by atoms with van der Waals surface area (Å²) in [5.41, 5.74) is 1.41. The Morgan fingerprint density at radius 3 is 3.08 bits per heavy atom. The highest BCUT2D eigenvalue weighted by molar-refractivity contribution is 5.99. The molecule has 1 aliphatic rings. The molecule has 0 radical (unpaired) electrons. The van der Waals surface area contributed by atoms with Gasteiger partial charge in [-0.15, -0.1) is 10.2 Å². The van der Waals surface area contributed by atoms with Gasteiger partial charge in [-0.1, -0.05) is 12.1 Å². The van der Waals surface area contributed by atoms with Crippen molar-refractivity contribution >= 4 is 12.0 Å². The minimum absolute atomic E-state index is 0.173. The van der Waals surface area contributed by atoms with Crippen molar-refractivity contribution in [2.75, 3.05) is 13.2 Å². The maximum Gasteiger partial charge on any atom is 0.251 e. The van der Waals surface area contributed by atoms with E-state index in [2.05, 4.69) is 15.5 Å². The van der Waals surface area contributed by atoms with Crippen LogP contribution in [0, 0.1) is 0 Å². The molecule has 0 unspecified atom stereocenters. The van der Waals surface area contributed by atoms with Crippen LogP contribution >= 0.6 is 0 Å². The molecule has 126 valence electrons. The summed E-state index contributed by atoms with van der Waals surface area (Å²) >= 11 is 0. The zero-order valence-corrected chi connectivity index (χ0v) is 13.8. The van der Waals surface area contributed by atoms with E-state index in [0.717, 1.165) is 17.9 Å². The summed E-state index contributed by atoms with van der Waals surface area (Å²) in [6.45, 7) is 5.79. The van der Waals surface area contributed by atoms with E-state index in [9.17, 15) is 4.79 Å². The number of nitrogens with one attached hydrogen (secondary N) is 1. The van der Waals surface area contributed by atoms with Crippen LogP contribution in [0.5, 0.6) is 11.5 Å². The largest absolute Gasteiger partial charge is 0.490 e. The molecule has 1 N–H and O–H groups in total. The van der Waals surface area contributed by atoms with E-state index in [4.69, 9.17) is 9.47 Å². The first-order chi connectivity index (χ1) is 11.7. The van der Waals surface area contributed by atoms with Crippen molar-refractivity contribution in [1.29, 1.82) is 0 Å². The van der Waals surface area contributed by atoms with E-state index in [1.165, 1.54) is 0 Å². The number of fused-ring (bicyclic) bond motifs is 1. The molecule has 1 aromatic heterocycles. The molecule has 24 heavy (non-hydrogen) atoms. The summed E-state index contributed by atoms with van der Waals surface area (Å²) in [6.07, 6.45) is 3.48. The van der Waals surface area contributed by atoms with Crippen molar-refractivity contribution in [1.82, 2.24) is 20.1 Å². The third-order valence-electron chi connectivity index (χ3n) is 3.75. The fourth-order valence-electron chi connectivity index (χ4n) is 2.53. The first-order valence-electron chi connectivity index (χ1n) is 7.97. The Bertz CT molecular complexity index is 767. The lowest BCUT2D eigenvalue weighted by atomic mass is 10.1. The van der Waals surface area contributed by atoms with Crippen LogP contribution in [-0.2, 0) is 17.9 Å². The van der Waals surface area contributed by atoms with Gasteiger partial charge < -0.3 is 19.4 Å². The Morgan fingerprint density at radius 2 is 2.29 bits per heavy atom. The number of hydrogen-bond acceptors (Lipinski definition) is 5. The Kier molecular flexibility index (Phi) is 4.79. The third kappa shape index (κ3) is 3.24. The summed E-state index contributed by atoms with van der Waals surface area (Å²) in [6, 6.07) is 5.64. The maximum absolute atomic E-state index is 12.4. The van der Waals surface area contributed by atoms with Gasteiger partial charge in [0.05, 0.1) is 18.7 Å². The van der Waals surface area contributed by atoms with Gasteiger partial charge in [-0.3, -0.25) is 4.79 Å². The van der Waals surface area contributed by atoms with Crippen LogP contribution in [0.25, 0.3) is 6.08 Å². The zero-order chi connectivity index (χ0) is 16.9. The Hall–Kier alpha value is -2.83. The van der Waals surface area contributed by atoms with Crippen LogP contribution in [0.1, 0.15) is 25.2 Å². The van der Waals surface area contributed by atoms with E-state index in [1.807, 2.05) is 42.7 Å². The molecule has 3 rings (SSSR count). The number of rotatable bonds is 6. The summed E-state index contributed by atoms with van der Waals surface area (Å²) in [5.74, 6) is 1.93. The number of carbonyl (C=O) groups excluding carboxylic acids is 1. The molecule has 1 aromatic carbocycles. The van der Waals surface area contributed by atoms with Crippen molar-refractivity contribution < 1.29 is 14.3 Å². The highest BCUT2D eigenvalue weighted by Crippen LogP contribution is 2.35. The number of nitrogens with zero attached hydrogens (tertiary/aromatic N) is 3. The first-order valence-corrected chi connectivity index (χ1v) is 7.97. The molecule has 0 saturated carbocycles. The number of ether oxygens (including phenoxy) is 2. The summed E-state index contributed by atoms with van der Waals surface area (Å²) in [5, 5.41) is 10.7. The molecule has 1 aliphatic heterocycles. The number of amides is 1. The summed E-state index contributed by atoms with van der Waals surface area (Å²) in [4.78, 5) is 12.4. The molecule has 7 heteroatoms. The number of para-hydroxylation sites is 1. The van der Waals surface area contributed by atoms with Gasteiger partial charge in [0.1, 0.15) is 12.9 Å². The number of hydrogen-bond donors (Lipinski definition) is 1. The van der Waals surface area contributed by atoms with Crippen molar-refractivity contribution in [2.45, 2.75) is 26.9 Å². The molecule has 0 atom stereocenters. The minimum Gasteiger partial charge on any atom is -0.490 e.